The molecule has 9 heteroatoms. The summed E-state index contributed by atoms with van der Waals surface area (Å²) >= 11 is 0. The van der Waals surface area contributed by atoms with Crippen LogP contribution in [0.5, 0.6) is 0 Å². The molecule has 1 unspecified atom stereocenters. The molecule has 0 saturated carbocycles. The molecule has 5 nitrogen and oxygen atoms in total. The first kappa shape index (κ1) is 14.8. The van der Waals surface area contributed by atoms with E-state index in [4.69, 9.17) is 15.5 Å². The third kappa shape index (κ3) is 3.63. The van der Waals surface area contributed by atoms with Crippen LogP contribution in [0.3, 0.4) is 0 Å². The van der Waals surface area contributed by atoms with E-state index in [0.29, 0.717) is 6.07 Å². The number of anilines is 2. The van der Waals surface area contributed by atoms with Gasteiger partial charge in [-0.05, 0) is 25.1 Å². The van der Waals surface area contributed by atoms with E-state index in [1.54, 1.807) is 0 Å². The average molecular weight is 284 g/mol. The molecule has 102 valence electrons. The van der Waals surface area contributed by atoms with Crippen molar-refractivity contribution in [2.75, 3.05) is 11.1 Å². The standard InChI is InChI=1S/C9H12F3N2O3P/c1-5(18(15,16)17)14-8-3-2-6(4-7(8)13)9(10,11)12/h2-5,14H,13H2,1H3,(H2,15,16,17). The van der Waals surface area contributed by atoms with Crippen LogP contribution < -0.4 is 11.1 Å². The molecule has 0 fully saturated rings. The summed E-state index contributed by atoms with van der Waals surface area (Å²) in [6, 6.07) is 2.52. The molecule has 0 amide bonds. The van der Waals surface area contributed by atoms with Crippen molar-refractivity contribution in [2.45, 2.75) is 18.9 Å². The Kier molecular flexibility index (Phi) is 3.95. The molecule has 0 aliphatic rings. The van der Waals surface area contributed by atoms with Crippen molar-refractivity contribution in [3.63, 3.8) is 0 Å². The zero-order chi connectivity index (χ0) is 14.1. The smallest absolute Gasteiger partial charge is 0.397 e. The first-order valence-electron chi connectivity index (χ1n) is 4.80. The maximum absolute atomic E-state index is 12.4. The second-order valence-corrected chi connectivity index (χ2v) is 5.66. The van der Waals surface area contributed by atoms with E-state index in [1.165, 1.54) is 6.92 Å². The predicted octanol–water partition coefficient (Wildman–Crippen LogP) is 2.22. The number of nitrogen functional groups attached to an aromatic ring is 1. The lowest BCUT2D eigenvalue weighted by Gasteiger charge is -2.18. The van der Waals surface area contributed by atoms with Crippen LogP contribution in [0.4, 0.5) is 24.5 Å². The summed E-state index contributed by atoms with van der Waals surface area (Å²) < 4.78 is 47.9. The molecule has 5 N–H and O–H groups in total. The number of nitrogens with two attached hydrogens (primary N) is 1. The molecule has 0 spiro atoms. The molecule has 0 aliphatic carbocycles. The van der Waals surface area contributed by atoms with Crippen molar-refractivity contribution in [2.24, 2.45) is 0 Å². The Morgan fingerprint density at radius 1 is 1.39 bits per heavy atom. The summed E-state index contributed by atoms with van der Waals surface area (Å²) in [5, 5.41) is 2.37. The SMILES string of the molecule is CC(Nc1ccc(C(F)(F)F)cc1N)P(=O)(O)O. The Morgan fingerprint density at radius 3 is 2.33 bits per heavy atom. The van der Waals surface area contributed by atoms with Gasteiger partial charge in [-0.25, -0.2) is 0 Å². The molecule has 18 heavy (non-hydrogen) atoms. The highest BCUT2D eigenvalue weighted by Crippen LogP contribution is 2.42. The van der Waals surface area contributed by atoms with Gasteiger partial charge in [0.05, 0.1) is 16.9 Å². The normalized spacial score (nSPS) is 14.3. The topological polar surface area (TPSA) is 95.6 Å². The van der Waals surface area contributed by atoms with Crippen LogP contribution in [0, 0.1) is 0 Å². The highest BCUT2D eigenvalue weighted by atomic mass is 31.2. The molecule has 0 radical (unpaired) electrons. The van der Waals surface area contributed by atoms with Crippen molar-refractivity contribution in [3.05, 3.63) is 23.8 Å². The number of halogens is 3. The Balaban J connectivity index is 2.97. The molecule has 0 saturated heterocycles. The van der Waals surface area contributed by atoms with Gasteiger partial charge in [0.25, 0.3) is 0 Å². The molecule has 1 aromatic rings. The van der Waals surface area contributed by atoms with Crippen LogP contribution in [0.25, 0.3) is 0 Å². The number of hydrogen-bond donors (Lipinski definition) is 4. The fourth-order valence-electron chi connectivity index (χ4n) is 1.18. The van der Waals surface area contributed by atoms with Crippen molar-refractivity contribution in [3.8, 4) is 0 Å². The number of benzene rings is 1. The van der Waals surface area contributed by atoms with Crippen LogP contribution in [-0.4, -0.2) is 15.6 Å². The Bertz CT molecular complexity index is 486. The molecule has 0 heterocycles. The summed E-state index contributed by atoms with van der Waals surface area (Å²) in [6.45, 7) is 1.21. The van der Waals surface area contributed by atoms with Crippen LogP contribution in [-0.2, 0) is 10.7 Å². The monoisotopic (exact) mass is 284 g/mol. The van der Waals surface area contributed by atoms with Crippen LogP contribution >= 0.6 is 7.60 Å². The quantitative estimate of drug-likeness (QED) is 0.504. The molecule has 1 aromatic carbocycles. The first-order chi connectivity index (χ1) is 8.01. The summed E-state index contributed by atoms with van der Waals surface area (Å²) in [6.07, 6.45) is -4.51. The van der Waals surface area contributed by atoms with Crippen LogP contribution in [0.15, 0.2) is 18.2 Å². The zero-order valence-electron chi connectivity index (χ0n) is 9.27. The van der Waals surface area contributed by atoms with Crippen molar-refractivity contribution < 1.29 is 27.5 Å². The van der Waals surface area contributed by atoms with Gasteiger partial charge >= 0.3 is 13.8 Å². The van der Waals surface area contributed by atoms with Crippen LogP contribution in [0.2, 0.25) is 0 Å². The summed E-state index contributed by atoms with van der Waals surface area (Å²) in [7, 11) is -4.38. The van der Waals surface area contributed by atoms with Crippen molar-refractivity contribution in [1.29, 1.82) is 0 Å². The lowest BCUT2D eigenvalue weighted by molar-refractivity contribution is -0.137. The second-order valence-electron chi connectivity index (χ2n) is 3.71. The maximum Gasteiger partial charge on any atom is 0.416 e. The Hall–Kier alpha value is -1.24. The largest absolute Gasteiger partial charge is 0.416 e. The average Bonchev–Trinajstić information content (AvgIpc) is 2.17. The van der Waals surface area contributed by atoms with Gasteiger partial charge < -0.3 is 20.8 Å². The number of rotatable bonds is 3. The highest BCUT2D eigenvalue weighted by Gasteiger charge is 2.31. The van der Waals surface area contributed by atoms with Gasteiger partial charge in [-0.2, -0.15) is 13.2 Å². The van der Waals surface area contributed by atoms with Crippen molar-refractivity contribution >= 4 is 19.0 Å². The van der Waals surface area contributed by atoms with Gasteiger partial charge in [0.1, 0.15) is 5.78 Å². The van der Waals surface area contributed by atoms with E-state index in [-0.39, 0.29) is 11.4 Å². The Morgan fingerprint density at radius 2 is 1.94 bits per heavy atom. The van der Waals surface area contributed by atoms with E-state index in [2.05, 4.69) is 5.32 Å². The summed E-state index contributed by atoms with van der Waals surface area (Å²) in [5.41, 5.74) is 4.28. The zero-order valence-corrected chi connectivity index (χ0v) is 10.2. The van der Waals surface area contributed by atoms with E-state index < -0.39 is 25.1 Å². The number of hydrogen-bond acceptors (Lipinski definition) is 3. The van der Waals surface area contributed by atoms with Gasteiger partial charge in [-0.15, -0.1) is 0 Å². The predicted molar refractivity (Wildman–Crippen MR) is 61.0 cm³/mol. The van der Waals surface area contributed by atoms with Crippen LogP contribution in [0.1, 0.15) is 12.5 Å². The maximum atomic E-state index is 12.4. The third-order valence-corrected chi connectivity index (χ3v) is 3.39. The van der Waals surface area contributed by atoms with Gasteiger partial charge in [0, 0.05) is 0 Å². The summed E-state index contributed by atoms with van der Waals surface area (Å²) in [5.74, 6) is -1.24. The van der Waals surface area contributed by atoms with Crippen molar-refractivity contribution in [1.82, 2.24) is 0 Å². The minimum atomic E-state index is -4.51. The van der Waals surface area contributed by atoms with E-state index in [9.17, 15) is 17.7 Å². The van der Waals surface area contributed by atoms with Gasteiger partial charge in [0.15, 0.2) is 0 Å². The molecule has 0 bridgehead atoms. The minimum absolute atomic E-state index is 0.0406. The third-order valence-electron chi connectivity index (χ3n) is 2.25. The van der Waals surface area contributed by atoms with Gasteiger partial charge in [0.2, 0.25) is 0 Å². The number of nitrogens with one attached hydrogen (secondary N) is 1. The van der Waals surface area contributed by atoms with Gasteiger partial charge in [-0.3, -0.25) is 4.57 Å². The molecule has 0 aliphatic heterocycles. The number of alkyl halides is 3. The molecular weight excluding hydrogens is 272 g/mol. The van der Waals surface area contributed by atoms with Gasteiger partial charge in [-0.1, -0.05) is 0 Å². The molecule has 0 aromatic heterocycles. The molecule has 1 atom stereocenters. The second kappa shape index (κ2) is 4.79. The molecular formula is C9H12F3N2O3P. The molecule has 1 rings (SSSR count). The lowest BCUT2D eigenvalue weighted by Crippen LogP contribution is -2.16. The Labute approximate surface area is 101 Å². The van der Waals surface area contributed by atoms with E-state index >= 15 is 0 Å². The summed E-state index contributed by atoms with van der Waals surface area (Å²) in [4.78, 5) is 17.7. The fraction of sp³-hybridized carbons (Fsp3) is 0.333. The fourth-order valence-corrected chi connectivity index (χ4v) is 1.49. The van der Waals surface area contributed by atoms with E-state index in [1.807, 2.05) is 0 Å². The highest BCUT2D eigenvalue weighted by molar-refractivity contribution is 7.52. The minimum Gasteiger partial charge on any atom is -0.397 e. The van der Waals surface area contributed by atoms with E-state index in [0.717, 1.165) is 12.1 Å². The first-order valence-corrected chi connectivity index (χ1v) is 6.48. The lowest BCUT2D eigenvalue weighted by atomic mass is 10.1.